The van der Waals surface area contributed by atoms with Crippen LogP contribution in [0.25, 0.3) is 0 Å². The second kappa shape index (κ2) is 11.7. The van der Waals surface area contributed by atoms with Crippen LogP contribution in [0.1, 0.15) is 48.0 Å². The maximum atomic E-state index is 3.93. The molecule has 1 nitrogen and oxygen atoms in total. The Kier molecular flexibility index (Phi) is 12.7. The van der Waals surface area contributed by atoms with Crippen LogP contribution in [0.3, 0.4) is 0 Å². The van der Waals surface area contributed by atoms with Gasteiger partial charge >= 0.3 is 0 Å². The van der Waals surface area contributed by atoms with E-state index in [1.165, 1.54) is 5.57 Å². The molecule has 0 amide bonds. The molecule has 0 spiro atoms. The summed E-state index contributed by atoms with van der Waals surface area (Å²) in [6.07, 6.45) is 7.48. The standard InChI is InChI=1S/C10H15N.C4H10.C2H6/c1-8(2)9-6-4-5-7-10(9)11-3;1-4(2)3;1-2/h4-6,10-11H,1,7H2,2-3H3;4H,1-3H3;1-2H3. The Balaban J connectivity index is 0. The molecule has 0 bridgehead atoms. The van der Waals surface area contributed by atoms with E-state index in [9.17, 15) is 0 Å². The van der Waals surface area contributed by atoms with Crippen molar-refractivity contribution in [3.8, 4) is 0 Å². The van der Waals surface area contributed by atoms with E-state index in [4.69, 9.17) is 0 Å². The summed E-state index contributed by atoms with van der Waals surface area (Å²) in [5.41, 5.74) is 2.49. The van der Waals surface area contributed by atoms with Gasteiger partial charge in [0.25, 0.3) is 0 Å². The Morgan fingerprint density at radius 2 is 1.82 bits per heavy atom. The summed E-state index contributed by atoms with van der Waals surface area (Å²) < 4.78 is 0. The zero-order valence-electron chi connectivity index (χ0n) is 12.8. The molecule has 1 aliphatic rings. The quantitative estimate of drug-likeness (QED) is 0.732. The maximum Gasteiger partial charge on any atom is 0.0354 e. The van der Waals surface area contributed by atoms with E-state index in [0.29, 0.717) is 6.04 Å². The molecule has 0 fully saturated rings. The van der Waals surface area contributed by atoms with Crippen molar-refractivity contribution in [3.05, 3.63) is 36.0 Å². The second-order valence-electron chi connectivity index (χ2n) is 4.64. The molecule has 0 aromatic heterocycles. The summed E-state index contributed by atoms with van der Waals surface area (Å²) >= 11 is 0. The molecule has 0 saturated heterocycles. The number of hydrogen-bond acceptors (Lipinski definition) is 1. The Hall–Kier alpha value is -0.820. The maximum absolute atomic E-state index is 3.93. The van der Waals surface area contributed by atoms with Crippen molar-refractivity contribution < 1.29 is 0 Å². The van der Waals surface area contributed by atoms with Gasteiger partial charge < -0.3 is 5.32 Å². The van der Waals surface area contributed by atoms with Crippen LogP contribution in [0.5, 0.6) is 0 Å². The van der Waals surface area contributed by atoms with Crippen molar-refractivity contribution in [1.82, 2.24) is 5.32 Å². The van der Waals surface area contributed by atoms with Crippen LogP contribution < -0.4 is 5.32 Å². The van der Waals surface area contributed by atoms with Gasteiger partial charge in [0.1, 0.15) is 0 Å². The average Bonchev–Trinajstić information content (AvgIpc) is 2.31. The number of nitrogens with one attached hydrogen (secondary N) is 1. The zero-order chi connectivity index (χ0) is 13.8. The van der Waals surface area contributed by atoms with Gasteiger partial charge in [0.05, 0.1) is 0 Å². The van der Waals surface area contributed by atoms with Crippen molar-refractivity contribution in [2.75, 3.05) is 7.05 Å². The van der Waals surface area contributed by atoms with Crippen LogP contribution >= 0.6 is 0 Å². The molecule has 0 aromatic rings. The Morgan fingerprint density at radius 1 is 1.35 bits per heavy atom. The summed E-state index contributed by atoms with van der Waals surface area (Å²) in [5.74, 6) is 0.833. The predicted octanol–water partition coefficient (Wildman–Crippen LogP) is 4.73. The van der Waals surface area contributed by atoms with Gasteiger partial charge in [-0.3, -0.25) is 0 Å². The van der Waals surface area contributed by atoms with Crippen LogP contribution in [0.4, 0.5) is 0 Å². The lowest BCUT2D eigenvalue weighted by molar-refractivity contribution is 0.644. The van der Waals surface area contributed by atoms with Crippen LogP contribution in [0.2, 0.25) is 0 Å². The third-order valence-corrected chi connectivity index (χ3v) is 2.00. The van der Waals surface area contributed by atoms with Gasteiger partial charge in [-0.25, -0.2) is 0 Å². The van der Waals surface area contributed by atoms with E-state index >= 15 is 0 Å². The monoisotopic (exact) mass is 237 g/mol. The van der Waals surface area contributed by atoms with Gasteiger partial charge in [-0.05, 0) is 31.9 Å². The first kappa shape index (κ1) is 18.5. The van der Waals surface area contributed by atoms with Gasteiger partial charge in [-0.1, -0.05) is 65.0 Å². The summed E-state index contributed by atoms with van der Waals surface area (Å²) in [5, 5.41) is 3.25. The molecule has 0 aliphatic heterocycles. The zero-order valence-corrected chi connectivity index (χ0v) is 12.8. The van der Waals surface area contributed by atoms with E-state index in [2.05, 4.69) is 57.8 Å². The third kappa shape index (κ3) is 10.1. The van der Waals surface area contributed by atoms with Crippen molar-refractivity contribution >= 4 is 0 Å². The van der Waals surface area contributed by atoms with E-state index in [-0.39, 0.29) is 0 Å². The Labute approximate surface area is 109 Å². The summed E-state index contributed by atoms with van der Waals surface area (Å²) in [4.78, 5) is 0. The van der Waals surface area contributed by atoms with Gasteiger partial charge in [-0.15, -0.1) is 0 Å². The fourth-order valence-corrected chi connectivity index (χ4v) is 1.34. The van der Waals surface area contributed by atoms with Crippen molar-refractivity contribution in [3.63, 3.8) is 0 Å². The topological polar surface area (TPSA) is 12.0 Å². The van der Waals surface area contributed by atoms with Crippen LogP contribution in [0, 0.1) is 5.92 Å². The minimum Gasteiger partial charge on any atom is -0.313 e. The molecule has 0 saturated carbocycles. The molecule has 1 aliphatic carbocycles. The summed E-state index contributed by atoms with van der Waals surface area (Å²) in [6, 6.07) is 0.470. The SMILES string of the molecule is C=C(C)C1=CC=CCC1NC.CC.CC(C)C. The minimum atomic E-state index is 0.470. The molecule has 17 heavy (non-hydrogen) atoms. The lowest BCUT2D eigenvalue weighted by Gasteiger charge is -2.20. The molecule has 1 rings (SSSR count). The summed E-state index contributed by atoms with van der Waals surface area (Å²) in [7, 11) is 1.99. The van der Waals surface area contributed by atoms with Gasteiger partial charge in [-0.2, -0.15) is 0 Å². The fraction of sp³-hybridized carbons (Fsp3) is 0.625. The summed E-state index contributed by atoms with van der Waals surface area (Å²) in [6.45, 7) is 16.5. The van der Waals surface area contributed by atoms with E-state index in [1.54, 1.807) is 0 Å². The number of rotatable bonds is 2. The molecular weight excluding hydrogens is 206 g/mol. The molecule has 1 atom stereocenters. The van der Waals surface area contributed by atoms with E-state index in [1.807, 2.05) is 20.9 Å². The normalized spacial score (nSPS) is 17.4. The van der Waals surface area contributed by atoms with Crippen LogP contribution in [-0.2, 0) is 0 Å². The first-order valence-electron chi connectivity index (χ1n) is 6.68. The first-order chi connectivity index (χ1) is 7.99. The highest BCUT2D eigenvalue weighted by Gasteiger charge is 2.12. The highest BCUT2D eigenvalue weighted by atomic mass is 14.9. The second-order valence-corrected chi connectivity index (χ2v) is 4.64. The van der Waals surface area contributed by atoms with Gasteiger partial charge in [0, 0.05) is 6.04 Å². The lowest BCUT2D eigenvalue weighted by atomic mass is 9.94. The largest absolute Gasteiger partial charge is 0.313 e. The number of hydrogen-bond donors (Lipinski definition) is 1. The van der Waals surface area contributed by atoms with Crippen LogP contribution in [0.15, 0.2) is 36.0 Å². The van der Waals surface area contributed by atoms with E-state index in [0.717, 1.165) is 17.9 Å². The first-order valence-corrected chi connectivity index (χ1v) is 6.68. The van der Waals surface area contributed by atoms with Gasteiger partial charge in [0.15, 0.2) is 0 Å². The molecule has 1 N–H and O–H groups in total. The number of allylic oxidation sites excluding steroid dienone is 2. The van der Waals surface area contributed by atoms with E-state index < -0.39 is 0 Å². The Bertz CT molecular complexity index is 243. The highest BCUT2D eigenvalue weighted by Crippen LogP contribution is 2.18. The van der Waals surface area contributed by atoms with Crippen molar-refractivity contribution in [1.29, 1.82) is 0 Å². The van der Waals surface area contributed by atoms with Crippen molar-refractivity contribution in [2.45, 2.75) is 54.0 Å². The molecule has 0 heterocycles. The smallest absolute Gasteiger partial charge is 0.0354 e. The average molecular weight is 237 g/mol. The molecule has 100 valence electrons. The minimum absolute atomic E-state index is 0.470. The Morgan fingerprint density at radius 3 is 2.12 bits per heavy atom. The molecule has 1 heteroatoms. The van der Waals surface area contributed by atoms with Crippen molar-refractivity contribution in [2.24, 2.45) is 5.92 Å². The molecular formula is C16H31N. The third-order valence-electron chi connectivity index (χ3n) is 2.00. The van der Waals surface area contributed by atoms with Gasteiger partial charge in [0.2, 0.25) is 0 Å². The highest BCUT2D eigenvalue weighted by molar-refractivity contribution is 5.37. The molecule has 0 aromatic carbocycles. The fourth-order valence-electron chi connectivity index (χ4n) is 1.34. The predicted molar refractivity (Wildman–Crippen MR) is 81.4 cm³/mol. The molecule has 0 radical (unpaired) electrons. The van der Waals surface area contributed by atoms with Crippen LogP contribution in [-0.4, -0.2) is 13.1 Å². The number of likely N-dealkylation sites (N-methyl/N-ethyl adjacent to an activating group) is 1. The molecule has 1 unspecified atom stereocenters. The lowest BCUT2D eigenvalue weighted by Crippen LogP contribution is -2.28.